The van der Waals surface area contributed by atoms with Crippen LogP contribution in [0.5, 0.6) is 0 Å². The van der Waals surface area contributed by atoms with Crippen molar-refractivity contribution in [1.82, 2.24) is 15.1 Å². The summed E-state index contributed by atoms with van der Waals surface area (Å²) in [6.45, 7) is 9.71. The summed E-state index contributed by atoms with van der Waals surface area (Å²) >= 11 is 0. The number of rotatable bonds is 7. The molecule has 5 nitrogen and oxygen atoms in total. The summed E-state index contributed by atoms with van der Waals surface area (Å²) in [6, 6.07) is 2.10. The van der Waals surface area contributed by atoms with Crippen molar-refractivity contribution >= 4 is 5.91 Å². The minimum Gasteiger partial charge on any atom is -0.381 e. The van der Waals surface area contributed by atoms with E-state index in [1.54, 1.807) is 0 Å². The second kappa shape index (κ2) is 7.16. The van der Waals surface area contributed by atoms with Crippen molar-refractivity contribution in [2.24, 2.45) is 0 Å². The first-order valence-corrected chi connectivity index (χ1v) is 6.41. The molecule has 1 aromatic heterocycles. The van der Waals surface area contributed by atoms with Crippen LogP contribution in [0.3, 0.4) is 0 Å². The summed E-state index contributed by atoms with van der Waals surface area (Å²) in [5.41, 5.74) is 2.12. The Labute approximate surface area is 109 Å². The van der Waals surface area contributed by atoms with Gasteiger partial charge in [0.05, 0.1) is 18.8 Å². The van der Waals surface area contributed by atoms with Gasteiger partial charge in [0.1, 0.15) is 0 Å². The molecule has 0 bridgehead atoms. The molecule has 0 fully saturated rings. The Morgan fingerprint density at radius 1 is 1.56 bits per heavy atom. The standard InChI is InChI=1S/C13H23N3O2/c1-5-18-7-6-13(17)14-11(3)9-16-12(4)8-10(2)15-16/h8,11H,5-7,9H2,1-4H3,(H,14,17). The average Bonchev–Trinajstić information content (AvgIpc) is 2.57. The second-order valence-corrected chi connectivity index (χ2v) is 4.52. The second-order valence-electron chi connectivity index (χ2n) is 4.52. The van der Waals surface area contributed by atoms with Crippen LogP contribution in [-0.2, 0) is 16.1 Å². The smallest absolute Gasteiger partial charge is 0.222 e. The topological polar surface area (TPSA) is 56.1 Å². The number of aromatic nitrogens is 2. The average molecular weight is 253 g/mol. The monoisotopic (exact) mass is 253 g/mol. The van der Waals surface area contributed by atoms with Gasteiger partial charge in [-0.15, -0.1) is 0 Å². The van der Waals surface area contributed by atoms with Gasteiger partial charge in [-0.2, -0.15) is 5.10 Å². The van der Waals surface area contributed by atoms with E-state index in [-0.39, 0.29) is 11.9 Å². The predicted molar refractivity (Wildman–Crippen MR) is 70.4 cm³/mol. The largest absolute Gasteiger partial charge is 0.381 e. The lowest BCUT2D eigenvalue weighted by molar-refractivity contribution is -0.122. The first-order chi connectivity index (χ1) is 8.52. The van der Waals surface area contributed by atoms with Gasteiger partial charge in [-0.05, 0) is 33.8 Å². The van der Waals surface area contributed by atoms with Crippen molar-refractivity contribution in [2.45, 2.75) is 46.7 Å². The summed E-state index contributed by atoms with van der Waals surface area (Å²) in [4.78, 5) is 11.6. The van der Waals surface area contributed by atoms with Crippen LogP contribution in [0.1, 0.15) is 31.7 Å². The van der Waals surface area contributed by atoms with E-state index in [1.807, 2.05) is 38.4 Å². The Balaban J connectivity index is 2.35. The third kappa shape index (κ3) is 4.87. The predicted octanol–water partition coefficient (Wildman–Crippen LogP) is 1.43. The zero-order valence-corrected chi connectivity index (χ0v) is 11.7. The fraction of sp³-hybridized carbons (Fsp3) is 0.692. The van der Waals surface area contributed by atoms with Crippen LogP contribution in [0.4, 0.5) is 0 Å². The Bertz CT molecular complexity index is 388. The van der Waals surface area contributed by atoms with Gasteiger partial charge in [0.2, 0.25) is 5.91 Å². The Hall–Kier alpha value is -1.36. The van der Waals surface area contributed by atoms with Gasteiger partial charge >= 0.3 is 0 Å². The van der Waals surface area contributed by atoms with E-state index in [1.165, 1.54) is 0 Å². The van der Waals surface area contributed by atoms with Crippen molar-refractivity contribution < 1.29 is 9.53 Å². The maximum atomic E-state index is 11.6. The quantitative estimate of drug-likeness (QED) is 0.748. The van der Waals surface area contributed by atoms with Gasteiger partial charge in [0.15, 0.2) is 0 Å². The van der Waals surface area contributed by atoms with Crippen molar-refractivity contribution in [3.8, 4) is 0 Å². The fourth-order valence-corrected chi connectivity index (χ4v) is 1.82. The molecule has 18 heavy (non-hydrogen) atoms. The minimum absolute atomic E-state index is 0.0254. The summed E-state index contributed by atoms with van der Waals surface area (Å²) in [5, 5.41) is 7.32. The van der Waals surface area contributed by atoms with E-state index in [4.69, 9.17) is 4.74 Å². The molecule has 0 aliphatic heterocycles. The SMILES string of the molecule is CCOCCC(=O)NC(C)Cn1nc(C)cc1C. The lowest BCUT2D eigenvalue weighted by Gasteiger charge is -2.15. The summed E-state index contributed by atoms with van der Waals surface area (Å²) in [6.07, 6.45) is 0.412. The molecule has 0 aromatic carbocycles. The maximum absolute atomic E-state index is 11.6. The highest BCUT2D eigenvalue weighted by molar-refractivity contribution is 5.76. The molecule has 0 radical (unpaired) electrons. The van der Waals surface area contributed by atoms with Crippen molar-refractivity contribution in [2.75, 3.05) is 13.2 Å². The van der Waals surface area contributed by atoms with Gasteiger partial charge in [-0.3, -0.25) is 9.48 Å². The molecule has 0 spiro atoms. The third-order valence-electron chi connectivity index (χ3n) is 2.64. The molecular weight excluding hydrogens is 230 g/mol. The molecule has 0 aliphatic rings. The molecular formula is C13H23N3O2. The van der Waals surface area contributed by atoms with E-state index in [2.05, 4.69) is 10.4 Å². The molecule has 1 rings (SSSR count). The summed E-state index contributed by atoms with van der Waals surface area (Å²) < 4.78 is 7.07. The molecule has 1 atom stereocenters. The van der Waals surface area contributed by atoms with E-state index in [0.29, 0.717) is 26.2 Å². The van der Waals surface area contributed by atoms with Crippen molar-refractivity contribution in [3.63, 3.8) is 0 Å². The molecule has 102 valence electrons. The van der Waals surface area contributed by atoms with Gasteiger partial charge in [0.25, 0.3) is 0 Å². The van der Waals surface area contributed by atoms with Crippen LogP contribution < -0.4 is 5.32 Å². The summed E-state index contributed by atoms with van der Waals surface area (Å²) in [7, 11) is 0. The third-order valence-corrected chi connectivity index (χ3v) is 2.64. The Morgan fingerprint density at radius 2 is 2.28 bits per heavy atom. The fourth-order valence-electron chi connectivity index (χ4n) is 1.82. The highest BCUT2D eigenvalue weighted by atomic mass is 16.5. The minimum atomic E-state index is 0.0254. The van der Waals surface area contributed by atoms with Crippen LogP contribution in [0, 0.1) is 13.8 Å². The van der Waals surface area contributed by atoms with E-state index >= 15 is 0 Å². The van der Waals surface area contributed by atoms with Crippen LogP contribution in [0.2, 0.25) is 0 Å². The molecule has 1 unspecified atom stereocenters. The number of nitrogens with zero attached hydrogens (tertiary/aromatic N) is 2. The number of carbonyl (C=O) groups excluding carboxylic acids is 1. The van der Waals surface area contributed by atoms with Crippen molar-refractivity contribution in [1.29, 1.82) is 0 Å². The highest BCUT2D eigenvalue weighted by Crippen LogP contribution is 2.02. The zero-order chi connectivity index (χ0) is 13.5. The number of nitrogens with one attached hydrogen (secondary N) is 1. The van der Waals surface area contributed by atoms with Crippen LogP contribution in [0.15, 0.2) is 6.07 Å². The normalized spacial score (nSPS) is 12.4. The maximum Gasteiger partial charge on any atom is 0.222 e. The molecule has 0 saturated heterocycles. The first-order valence-electron chi connectivity index (χ1n) is 6.41. The lowest BCUT2D eigenvalue weighted by Crippen LogP contribution is -2.36. The number of carbonyl (C=O) groups is 1. The number of ether oxygens (including phenoxy) is 1. The van der Waals surface area contributed by atoms with E-state index in [9.17, 15) is 4.79 Å². The Morgan fingerprint density at radius 3 is 2.83 bits per heavy atom. The van der Waals surface area contributed by atoms with E-state index < -0.39 is 0 Å². The van der Waals surface area contributed by atoms with Gasteiger partial charge in [0, 0.05) is 24.8 Å². The Kier molecular flexibility index (Phi) is 5.85. The van der Waals surface area contributed by atoms with Crippen LogP contribution in [0.25, 0.3) is 0 Å². The number of amides is 1. The van der Waals surface area contributed by atoms with Crippen LogP contribution >= 0.6 is 0 Å². The highest BCUT2D eigenvalue weighted by Gasteiger charge is 2.09. The number of hydrogen-bond donors (Lipinski definition) is 1. The molecule has 1 aromatic rings. The molecule has 5 heteroatoms. The first kappa shape index (κ1) is 14.7. The van der Waals surface area contributed by atoms with Crippen molar-refractivity contribution in [3.05, 3.63) is 17.5 Å². The van der Waals surface area contributed by atoms with E-state index in [0.717, 1.165) is 11.4 Å². The zero-order valence-electron chi connectivity index (χ0n) is 11.7. The van der Waals surface area contributed by atoms with Gasteiger partial charge < -0.3 is 10.1 Å². The van der Waals surface area contributed by atoms with Gasteiger partial charge in [-0.1, -0.05) is 0 Å². The number of hydrogen-bond acceptors (Lipinski definition) is 3. The lowest BCUT2D eigenvalue weighted by atomic mass is 10.3. The molecule has 1 N–H and O–H groups in total. The van der Waals surface area contributed by atoms with Crippen LogP contribution in [-0.4, -0.2) is 34.9 Å². The molecule has 1 heterocycles. The summed E-state index contributed by atoms with van der Waals surface area (Å²) in [5.74, 6) is 0.0254. The molecule has 0 aliphatic carbocycles. The number of aryl methyl sites for hydroxylation is 2. The van der Waals surface area contributed by atoms with Gasteiger partial charge in [-0.25, -0.2) is 0 Å². The molecule has 1 amide bonds. The molecule has 0 saturated carbocycles.